The van der Waals surface area contributed by atoms with E-state index >= 15 is 0 Å². The van der Waals surface area contributed by atoms with Crippen LogP contribution in [0.4, 0.5) is 22.4 Å². The molecule has 0 radical (unpaired) electrons. The van der Waals surface area contributed by atoms with Gasteiger partial charge in [-0.05, 0) is 37.5 Å². The molecule has 0 saturated carbocycles. The Balaban J connectivity index is 1.79. The Kier molecular flexibility index (Phi) is 10.8. The van der Waals surface area contributed by atoms with Gasteiger partial charge in [-0.2, -0.15) is 13.2 Å². The van der Waals surface area contributed by atoms with Gasteiger partial charge in [-0.25, -0.2) is 9.18 Å². The highest BCUT2D eigenvalue weighted by atomic mass is 19.4. The van der Waals surface area contributed by atoms with E-state index in [9.17, 15) is 36.7 Å². The molecule has 0 unspecified atom stereocenters. The Hall–Kier alpha value is -4.49. The third-order valence-corrected chi connectivity index (χ3v) is 6.49. The molecule has 2 amide bonds. The molecule has 232 valence electrons. The number of hydrogen-bond acceptors (Lipinski definition) is 6. The van der Waals surface area contributed by atoms with Gasteiger partial charge < -0.3 is 24.1 Å². The summed E-state index contributed by atoms with van der Waals surface area (Å²) in [4.78, 5) is 59.7. The molecule has 1 N–H and O–H groups in total. The van der Waals surface area contributed by atoms with Crippen LogP contribution >= 0.6 is 0 Å². The van der Waals surface area contributed by atoms with Gasteiger partial charge in [0.15, 0.2) is 11.9 Å². The molecule has 3 aromatic heterocycles. The Morgan fingerprint density at radius 3 is 2.53 bits per heavy atom. The number of H-pyrrole nitrogens is 1. The van der Waals surface area contributed by atoms with Crippen molar-refractivity contribution >= 4 is 28.8 Å². The van der Waals surface area contributed by atoms with Crippen molar-refractivity contribution in [1.82, 2.24) is 24.3 Å². The summed E-state index contributed by atoms with van der Waals surface area (Å²) in [7, 11) is 6.11. The number of nitrogens with zero attached hydrogens (tertiary/aromatic N) is 4. The first-order chi connectivity index (χ1) is 20.2. The minimum Gasteiger partial charge on any atom is -0.438 e. The summed E-state index contributed by atoms with van der Waals surface area (Å²) in [5.74, 6) is -1.63. The largest absolute Gasteiger partial charge is 0.438 e. The smallest absolute Gasteiger partial charge is 0.409 e. The fraction of sp³-hybridized carbons (Fsp3) is 0.414. The Morgan fingerprint density at radius 2 is 1.88 bits per heavy atom. The fourth-order valence-electron chi connectivity index (χ4n) is 4.17. The molecule has 3 aromatic rings. The van der Waals surface area contributed by atoms with Crippen LogP contribution in [0.5, 0.6) is 0 Å². The van der Waals surface area contributed by atoms with Crippen LogP contribution in [0, 0.1) is 5.82 Å². The Bertz CT molecular complexity index is 1560. The zero-order valence-electron chi connectivity index (χ0n) is 24.2. The van der Waals surface area contributed by atoms with E-state index in [0.717, 1.165) is 11.1 Å². The number of pyridine rings is 2. The number of Topliss-reactive ketones (excluding diaryl/α,β-unsaturated/α-hetero) is 1. The van der Waals surface area contributed by atoms with Gasteiger partial charge in [0.1, 0.15) is 5.82 Å². The first-order valence-corrected chi connectivity index (χ1v) is 13.3. The van der Waals surface area contributed by atoms with Crippen molar-refractivity contribution in [3.63, 3.8) is 0 Å². The zero-order valence-corrected chi connectivity index (χ0v) is 24.2. The van der Waals surface area contributed by atoms with E-state index < -0.39 is 48.4 Å². The number of carbonyl (C=O) groups is 3. The van der Waals surface area contributed by atoms with Gasteiger partial charge in [-0.1, -0.05) is 12.1 Å². The zero-order chi connectivity index (χ0) is 31.9. The second kappa shape index (κ2) is 14.1. The molecule has 3 rings (SSSR count). The standard InChI is InChI=1S/C29H33F4N5O5/c1-36(2)25(40)10-6-5-9-24(43-28(42)37(3)4)23(39)14-18-8-7-13-38(27(18)41)17-19-15-22-26(35-19)20(21(30)16-34-22)11-12-29(31,32)33/h6-8,10,13,15-16,24,35H,5,9,11-12,14,17H2,1-4H3/b10-6+/t24-/m0/s1. The number of hydrogen-bond donors (Lipinski definition) is 1. The normalized spacial score (nSPS) is 12.5. The van der Waals surface area contributed by atoms with Crippen molar-refractivity contribution in [3.8, 4) is 0 Å². The predicted molar refractivity (Wildman–Crippen MR) is 150 cm³/mol. The summed E-state index contributed by atoms with van der Waals surface area (Å²) in [6, 6.07) is 4.53. The molecule has 0 aromatic carbocycles. The molecule has 14 heteroatoms. The summed E-state index contributed by atoms with van der Waals surface area (Å²) >= 11 is 0. The average Bonchev–Trinajstić information content (AvgIpc) is 3.33. The van der Waals surface area contributed by atoms with E-state index in [1.54, 1.807) is 26.2 Å². The SMILES string of the molecule is CN(C)C(=O)/C=C/CC[C@H](OC(=O)N(C)C)C(=O)Cc1cccn(Cc2cc3ncc(F)c(CCC(F)(F)F)c3[nH]2)c1=O. The monoisotopic (exact) mass is 607 g/mol. The molecule has 10 nitrogen and oxygen atoms in total. The van der Waals surface area contributed by atoms with Gasteiger partial charge in [-0.15, -0.1) is 0 Å². The summed E-state index contributed by atoms with van der Waals surface area (Å²) in [6.45, 7) is -0.0543. The number of alkyl halides is 3. The van der Waals surface area contributed by atoms with Crippen molar-refractivity contribution < 1.29 is 36.7 Å². The van der Waals surface area contributed by atoms with Crippen LogP contribution in [0.15, 0.2) is 47.5 Å². The molecule has 1 atom stereocenters. The molecule has 43 heavy (non-hydrogen) atoms. The Morgan fingerprint density at radius 1 is 1.16 bits per heavy atom. The number of carbonyl (C=O) groups excluding carboxylic acids is 3. The fourth-order valence-corrected chi connectivity index (χ4v) is 4.17. The van der Waals surface area contributed by atoms with Gasteiger partial charge in [0.2, 0.25) is 5.91 Å². The van der Waals surface area contributed by atoms with Gasteiger partial charge in [0.25, 0.3) is 5.56 Å². The highest BCUT2D eigenvalue weighted by Gasteiger charge is 2.28. The maximum atomic E-state index is 14.3. The molecule has 0 aliphatic rings. The van der Waals surface area contributed by atoms with Crippen LogP contribution in [0.25, 0.3) is 11.0 Å². The lowest BCUT2D eigenvalue weighted by Gasteiger charge is -2.19. The van der Waals surface area contributed by atoms with E-state index in [2.05, 4.69) is 9.97 Å². The number of allylic oxidation sites excluding steroid dienone is 1. The lowest BCUT2D eigenvalue weighted by Crippen LogP contribution is -2.35. The lowest BCUT2D eigenvalue weighted by atomic mass is 10.0. The van der Waals surface area contributed by atoms with E-state index in [1.807, 2.05) is 0 Å². The maximum Gasteiger partial charge on any atom is 0.409 e. The average molecular weight is 608 g/mol. The number of fused-ring (bicyclic) bond motifs is 1. The van der Waals surface area contributed by atoms with Crippen molar-refractivity contribution in [3.05, 3.63) is 75.7 Å². The van der Waals surface area contributed by atoms with Crippen LogP contribution in [0.3, 0.4) is 0 Å². The van der Waals surface area contributed by atoms with Crippen molar-refractivity contribution in [2.24, 2.45) is 0 Å². The van der Waals surface area contributed by atoms with Crippen LogP contribution in [0.1, 0.15) is 36.1 Å². The second-order valence-electron chi connectivity index (χ2n) is 10.3. The van der Waals surface area contributed by atoms with Crippen molar-refractivity contribution in [1.29, 1.82) is 0 Å². The number of halogens is 4. The van der Waals surface area contributed by atoms with E-state index in [-0.39, 0.29) is 53.9 Å². The number of nitrogens with one attached hydrogen (secondary N) is 1. The van der Waals surface area contributed by atoms with Gasteiger partial charge >= 0.3 is 12.3 Å². The molecule has 0 fully saturated rings. The van der Waals surface area contributed by atoms with Crippen LogP contribution < -0.4 is 5.56 Å². The number of likely N-dealkylation sites (N-methyl/N-ethyl adjacent to an activating group) is 1. The summed E-state index contributed by atoms with van der Waals surface area (Å²) in [5, 5.41) is 0. The van der Waals surface area contributed by atoms with Crippen LogP contribution in [-0.4, -0.2) is 82.6 Å². The third-order valence-electron chi connectivity index (χ3n) is 6.49. The molecule has 0 saturated heterocycles. The number of ether oxygens (including phenoxy) is 1. The molecule has 3 heterocycles. The first-order valence-electron chi connectivity index (χ1n) is 13.3. The van der Waals surface area contributed by atoms with E-state index in [4.69, 9.17) is 4.74 Å². The number of aromatic nitrogens is 3. The maximum absolute atomic E-state index is 14.3. The Labute approximate surface area is 244 Å². The predicted octanol–water partition coefficient (Wildman–Crippen LogP) is 4.01. The lowest BCUT2D eigenvalue weighted by molar-refractivity contribution is -0.134. The minimum atomic E-state index is -4.46. The van der Waals surface area contributed by atoms with Gasteiger partial charge in [-0.3, -0.25) is 19.4 Å². The summed E-state index contributed by atoms with van der Waals surface area (Å²) < 4.78 is 59.3. The topological polar surface area (TPSA) is 118 Å². The number of ketones is 1. The van der Waals surface area contributed by atoms with E-state index in [1.165, 1.54) is 48.0 Å². The highest BCUT2D eigenvalue weighted by Crippen LogP contribution is 2.27. The minimum absolute atomic E-state index is 0.0543. The van der Waals surface area contributed by atoms with Crippen LogP contribution in [-0.2, 0) is 33.7 Å². The molecule has 0 spiro atoms. The van der Waals surface area contributed by atoms with Crippen LogP contribution in [0.2, 0.25) is 0 Å². The number of aryl methyl sites for hydroxylation is 1. The number of amides is 2. The first kappa shape index (κ1) is 33.0. The molecule has 0 aliphatic heterocycles. The molecular formula is C29H33F4N5O5. The molecular weight excluding hydrogens is 574 g/mol. The quantitative estimate of drug-likeness (QED) is 0.246. The van der Waals surface area contributed by atoms with Gasteiger partial charge in [0, 0.05) is 64.1 Å². The number of aromatic amines is 1. The number of rotatable bonds is 12. The third kappa shape index (κ3) is 9.25. The van der Waals surface area contributed by atoms with Crippen molar-refractivity contribution in [2.45, 2.75) is 50.9 Å². The molecule has 0 aliphatic carbocycles. The van der Waals surface area contributed by atoms with Gasteiger partial charge in [0.05, 0.1) is 23.8 Å². The highest BCUT2D eigenvalue weighted by molar-refractivity contribution is 5.88. The van der Waals surface area contributed by atoms with E-state index in [0.29, 0.717) is 5.69 Å². The second-order valence-corrected chi connectivity index (χ2v) is 10.3. The summed E-state index contributed by atoms with van der Waals surface area (Å²) in [5.41, 5.74) is 0.219. The summed E-state index contributed by atoms with van der Waals surface area (Å²) in [6.07, 6.45) is -2.91. The molecule has 0 bridgehead atoms. The van der Waals surface area contributed by atoms with Crippen molar-refractivity contribution in [2.75, 3.05) is 28.2 Å².